The first-order chi connectivity index (χ1) is 9.26. The van der Waals surface area contributed by atoms with Crippen LogP contribution in [0.3, 0.4) is 0 Å². The van der Waals surface area contributed by atoms with E-state index in [1.54, 1.807) is 0 Å². The molecule has 1 atom stereocenters. The summed E-state index contributed by atoms with van der Waals surface area (Å²) in [4.78, 5) is 0. The molecule has 0 spiro atoms. The Morgan fingerprint density at radius 1 is 1.42 bits per heavy atom. The lowest BCUT2D eigenvalue weighted by Gasteiger charge is -2.31. The van der Waals surface area contributed by atoms with Gasteiger partial charge in [0, 0.05) is 20.3 Å². The third-order valence-corrected chi connectivity index (χ3v) is 4.00. The second-order valence-corrected chi connectivity index (χ2v) is 5.42. The zero-order valence-electron chi connectivity index (χ0n) is 12.5. The first-order valence-electron chi connectivity index (χ1n) is 7.60. The molecule has 0 saturated carbocycles. The van der Waals surface area contributed by atoms with Gasteiger partial charge in [-0.25, -0.2) is 0 Å². The minimum absolute atomic E-state index is 0.418. The largest absolute Gasteiger partial charge is 0.381 e. The van der Waals surface area contributed by atoms with Crippen LogP contribution in [0.15, 0.2) is 6.07 Å². The standard InChI is InChI=1S/C15H27N3O/c1-4-8-16-15(12-6-9-19-10-7-12)14-11-13(5-2)17-18(14)3/h11-12,15-16H,4-10H2,1-3H3. The number of nitrogens with one attached hydrogen (secondary N) is 1. The van der Waals surface area contributed by atoms with E-state index < -0.39 is 0 Å². The smallest absolute Gasteiger partial charge is 0.0625 e. The lowest BCUT2D eigenvalue weighted by atomic mass is 9.89. The predicted molar refractivity (Wildman–Crippen MR) is 77.2 cm³/mol. The van der Waals surface area contributed by atoms with Gasteiger partial charge in [-0.05, 0) is 44.2 Å². The Labute approximate surface area is 116 Å². The molecule has 4 heteroatoms. The van der Waals surface area contributed by atoms with Gasteiger partial charge in [0.05, 0.1) is 17.4 Å². The molecule has 1 aromatic heterocycles. The molecule has 0 aromatic carbocycles. The third-order valence-electron chi connectivity index (χ3n) is 4.00. The summed E-state index contributed by atoms with van der Waals surface area (Å²) >= 11 is 0. The number of aryl methyl sites for hydroxylation is 2. The Morgan fingerprint density at radius 2 is 2.16 bits per heavy atom. The van der Waals surface area contributed by atoms with Gasteiger partial charge in [-0.3, -0.25) is 4.68 Å². The summed E-state index contributed by atoms with van der Waals surface area (Å²) in [5.41, 5.74) is 2.52. The molecule has 19 heavy (non-hydrogen) atoms. The number of ether oxygens (including phenoxy) is 1. The second kappa shape index (κ2) is 7.06. The van der Waals surface area contributed by atoms with Crippen molar-refractivity contribution >= 4 is 0 Å². The van der Waals surface area contributed by atoms with E-state index in [2.05, 4.69) is 42.1 Å². The summed E-state index contributed by atoms with van der Waals surface area (Å²) < 4.78 is 7.55. The van der Waals surface area contributed by atoms with Gasteiger partial charge < -0.3 is 10.1 Å². The predicted octanol–water partition coefficient (Wildman–Crippen LogP) is 2.45. The van der Waals surface area contributed by atoms with Crippen LogP contribution in [0.5, 0.6) is 0 Å². The Morgan fingerprint density at radius 3 is 2.74 bits per heavy atom. The number of rotatable bonds is 6. The molecule has 0 aliphatic carbocycles. The van der Waals surface area contributed by atoms with E-state index in [-0.39, 0.29) is 0 Å². The van der Waals surface area contributed by atoms with Gasteiger partial charge in [0.15, 0.2) is 0 Å². The van der Waals surface area contributed by atoms with Gasteiger partial charge in [0.25, 0.3) is 0 Å². The van der Waals surface area contributed by atoms with Gasteiger partial charge in [0.2, 0.25) is 0 Å². The van der Waals surface area contributed by atoms with Crippen molar-refractivity contribution in [2.45, 2.75) is 45.6 Å². The van der Waals surface area contributed by atoms with Gasteiger partial charge >= 0.3 is 0 Å². The summed E-state index contributed by atoms with van der Waals surface area (Å²) in [7, 11) is 2.06. The monoisotopic (exact) mass is 265 g/mol. The van der Waals surface area contributed by atoms with E-state index in [9.17, 15) is 0 Å². The maximum Gasteiger partial charge on any atom is 0.0625 e. The van der Waals surface area contributed by atoms with Crippen LogP contribution >= 0.6 is 0 Å². The number of aromatic nitrogens is 2. The third kappa shape index (κ3) is 3.57. The van der Waals surface area contributed by atoms with E-state index >= 15 is 0 Å². The molecule has 1 fully saturated rings. The fourth-order valence-corrected chi connectivity index (χ4v) is 2.87. The van der Waals surface area contributed by atoms with Crippen LogP contribution in [0.2, 0.25) is 0 Å². The molecule has 1 aliphatic heterocycles. The SMILES string of the molecule is CCCNC(c1cc(CC)nn1C)C1CCOCC1. The maximum absolute atomic E-state index is 5.50. The van der Waals surface area contributed by atoms with Crippen molar-refractivity contribution in [3.05, 3.63) is 17.5 Å². The Bertz CT molecular complexity index is 383. The summed E-state index contributed by atoms with van der Waals surface area (Å²) in [5.74, 6) is 0.667. The summed E-state index contributed by atoms with van der Waals surface area (Å²) in [6, 6.07) is 2.68. The molecule has 1 aromatic rings. The second-order valence-electron chi connectivity index (χ2n) is 5.42. The molecule has 2 rings (SSSR count). The molecule has 1 unspecified atom stereocenters. The van der Waals surface area contributed by atoms with Gasteiger partial charge in [-0.15, -0.1) is 0 Å². The highest BCUT2D eigenvalue weighted by atomic mass is 16.5. The van der Waals surface area contributed by atoms with Crippen LogP contribution in [0.25, 0.3) is 0 Å². The van der Waals surface area contributed by atoms with Crippen LogP contribution in [-0.2, 0) is 18.2 Å². The molecule has 1 saturated heterocycles. The normalized spacial score (nSPS) is 18.7. The summed E-state index contributed by atoms with van der Waals surface area (Å²) in [6.07, 6.45) is 4.46. The fraction of sp³-hybridized carbons (Fsp3) is 0.800. The minimum atomic E-state index is 0.418. The first kappa shape index (κ1) is 14.5. The van der Waals surface area contributed by atoms with Gasteiger partial charge in [0.1, 0.15) is 0 Å². The average molecular weight is 265 g/mol. The minimum Gasteiger partial charge on any atom is -0.381 e. The molecule has 0 amide bonds. The van der Waals surface area contributed by atoms with Crippen LogP contribution < -0.4 is 5.32 Å². The maximum atomic E-state index is 5.50. The van der Waals surface area contributed by atoms with Crippen molar-refractivity contribution in [3.63, 3.8) is 0 Å². The molecule has 4 nitrogen and oxygen atoms in total. The van der Waals surface area contributed by atoms with Crippen molar-refractivity contribution in [1.82, 2.24) is 15.1 Å². The highest BCUT2D eigenvalue weighted by Gasteiger charge is 2.27. The highest BCUT2D eigenvalue weighted by molar-refractivity contribution is 5.15. The van der Waals surface area contributed by atoms with Crippen molar-refractivity contribution in [3.8, 4) is 0 Å². The lowest BCUT2D eigenvalue weighted by Crippen LogP contribution is -2.33. The Hall–Kier alpha value is -0.870. The lowest BCUT2D eigenvalue weighted by molar-refractivity contribution is 0.0526. The van der Waals surface area contributed by atoms with Gasteiger partial charge in [-0.2, -0.15) is 5.10 Å². The molecular weight excluding hydrogens is 238 g/mol. The fourth-order valence-electron chi connectivity index (χ4n) is 2.87. The van der Waals surface area contributed by atoms with Crippen LogP contribution in [0.1, 0.15) is 50.5 Å². The van der Waals surface area contributed by atoms with E-state index in [1.165, 1.54) is 11.4 Å². The van der Waals surface area contributed by atoms with E-state index in [0.717, 1.165) is 45.4 Å². The van der Waals surface area contributed by atoms with Crippen molar-refractivity contribution < 1.29 is 4.74 Å². The van der Waals surface area contributed by atoms with Crippen molar-refractivity contribution in [1.29, 1.82) is 0 Å². The highest BCUT2D eigenvalue weighted by Crippen LogP contribution is 2.30. The number of hydrogen-bond acceptors (Lipinski definition) is 3. The van der Waals surface area contributed by atoms with Crippen molar-refractivity contribution in [2.75, 3.05) is 19.8 Å². The zero-order valence-corrected chi connectivity index (χ0v) is 12.5. The summed E-state index contributed by atoms with van der Waals surface area (Å²) in [5, 5.41) is 8.32. The molecule has 2 heterocycles. The van der Waals surface area contributed by atoms with Crippen molar-refractivity contribution in [2.24, 2.45) is 13.0 Å². The topological polar surface area (TPSA) is 39.1 Å². The molecule has 1 N–H and O–H groups in total. The number of nitrogens with zero attached hydrogens (tertiary/aromatic N) is 2. The summed E-state index contributed by atoms with van der Waals surface area (Å²) in [6.45, 7) is 7.24. The molecule has 1 aliphatic rings. The van der Waals surface area contributed by atoms with Crippen LogP contribution in [-0.4, -0.2) is 29.5 Å². The molecular formula is C15H27N3O. The van der Waals surface area contributed by atoms with E-state index in [1.807, 2.05) is 0 Å². The van der Waals surface area contributed by atoms with E-state index in [0.29, 0.717) is 12.0 Å². The van der Waals surface area contributed by atoms with Gasteiger partial charge in [-0.1, -0.05) is 13.8 Å². The first-order valence-corrected chi connectivity index (χ1v) is 7.60. The average Bonchev–Trinajstić information content (AvgIpc) is 2.82. The molecule has 0 bridgehead atoms. The van der Waals surface area contributed by atoms with E-state index in [4.69, 9.17) is 4.74 Å². The Kier molecular flexibility index (Phi) is 5.40. The molecule has 0 radical (unpaired) electrons. The number of hydrogen-bond donors (Lipinski definition) is 1. The van der Waals surface area contributed by atoms with Crippen LogP contribution in [0.4, 0.5) is 0 Å². The van der Waals surface area contributed by atoms with Crippen LogP contribution in [0, 0.1) is 5.92 Å². The Balaban J connectivity index is 2.17. The molecule has 108 valence electrons. The zero-order chi connectivity index (χ0) is 13.7. The quantitative estimate of drug-likeness (QED) is 0.858.